The number of nitrogens with one attached hydrogen (secondary N) is 2. The smallest absolute Gasteiger partial charge is 0.161 e. The van der Waals surface area contributed by atoms with E-state index in [1.165, 1.54) is 0 Å². The van der Waals surface area contributed by atoms with Crippen LogP contribution in [0, 0.1) is 5.92 Å². The summed E-state index contributed by atoms with van der Waals surface area (Å²) in [5.74, 6) is 1.85. The molecule has 3 N–H and O–H groups in total. The Morgan fingerprint density at radius 1 is 1.33 bits per heavy atom. The quantitative estimate of drug-likeness (QED) is 0.671. The summed E-state index contributed by atoms with van der Waals surface area (Å²) in [4.78, 5) is 0. The van der Waals surface area contributed by atoms with Crippen LogP contribution >= 0.6 is 0 Å². The van der Waals surface area contributed by atoms with Crippen molar-refractivity contribution in [2.45, 2.75) is 26.0 Å². The molecule has 1 aliphatic rings. The fourth-order valence-corrected chi connectivity index (χ4v) is 2.48. The Morgan fingerprint density at radius 2 is 2.19 bits per heavy atom. The third-order valence-corrected chi connectivity index (χ3v) is 3.73. The average molecular weight is 294 g/mol. The topological polar surface area (TPSA) is 62.8 Å². The van der Waals surface area contributed by atoms with Crippen LogP contribution in [-0.2, 0) is 6.54 Å². The SMILES string of the molecule is CCCOc1ccc(CNCC2CNCC2O)cc1OC. The molecule has 0 aromatic heterocycles. The van der Waals surface area contributed by atoms with Crippen LogP contribution in [0.3, 0.4) is 0 Å². The van der Waals surface area contributed by atoms with Gasteiger partial charge in [-0.05, 0) is 24.1 Å². The molecule has 1 saturated heterocycles. The van der Waals surface area contributed by atoms with E-state index in [0.29, 0.717) is 19.1 Å². The molecule has 1 aromatic carbocycles. The van der Waals surface area contributed by atoms with Crippen molar-refractivity contribution in [2.75, 3.05) is 33.4 Å². The van der Waals surface area contributed by atoms with Crippen LogP contribution in [-0.4, -0.2) is 44.6 Å². The number of methoxy groups -OCH3 is 1. The van der Waals surface area contributed by atoms with Crippen molar-refractivity contribution >= 4 is 0 Å². The number of aliphatic hydroxyl groups excluding tert-OH is 1. The van der Waals surface area contributed by atoms with Gasteiger partial charge >= 0.3 is 0 Å². The van der Waals surface area contributed by atoms with Crippen LogP contribution in [0.5, 0.6) is 11.5 Å². The van der Waals surface area contributed by atoms with Crippen molar-refractivity contribution in [3.63, 3.8) is 0 Å². The molecule has 118 valence electrons. The minimum Gasteiger partial charge on any atom is -0.493 e. The highest BCUT2D eigenvalue weighted by Gasteiger charge is 2.24. The van der Waals surface area contributed by atoms with E-state index in [1.807, 2.05) is 18.2 Å². The van der Waals surface area contributed by atoms with Crippen LogP contribution < -0.4 is 20.1 Å². The summed E-state index contributed by atoms with van der Waals surface area (Å²) in [6.45, 7) is 5.92. The van der Waals surface area contributed by atoms with Gasteiger partial charge in [-0.25, -0.2) is 0 Å². The molecule has 1 aliphatic heterocycles. The van der Waals surface area contributed by atoms with Crippen molar-refractivity contribution in [3.8, 4) is 11.5 Å². The summed E-state index contributed by atoms with van der Waals surface area (Å²) in [5, 5.41) is 16.3. The molecule has 0 spiro atoms. The van der Waals surface area contributed by atoms with Crippen molar-refractivity contribution in [2.24, 2.45) is 5.92 Å². The van der Waals surface area contributed by atoms with Gasteiger partial charge in [0.2, 0.25) is 0 Å². The molecular formula is C16H26N2O3. The predicted octanol–water partition coefficient (Wildman–Crippen LogP) is 1.15. The molecule has 2 atom stereocenters. The van der Waals surface area contributed by atoms with E-state index in [1.54, 1.807) is 7.11 Å². The second-order valence-corrected chi connectivity index (χ2v) is 5.45. The minimum atomic E-state index is -0.239. The second-order valence-electron chi connectivity index (χ2n) is 5.45. The van der Waals surface area contributed by atoms with Gasteiger partial charge in [0.05, 0.1) is 19.8 Å². The zero-order valence-corrected chi connectivity index (χ0v) is 12.9. The number of hydrogen-bond donors (Lipinski definition) is 3. The zero-order valence-electron chi connectivity index (χ0n) is 12.9. The molecule has 1 fully saturated rings. The molecule has 1 aromatic rings. The molecule has 2 unspecified atom stereocenters. The highest BCUT2D eigenvalue weighted by molar-refractivity contribution is 5.42. The van der Waals surface area contributed by atoms with Gasteiger partial charge < -0.3 is 25.2 Å². The molecule has 2 rings (SSSR count). The van der Waals surface area contributed by atoms with Crippen LogP contribution in [0.15, 0.2) is 18.2 Å². The van der Waals surface area contributed by atoms with Crippen molar-refractivity contribution < 1.29 is 14.6 Å². The van der Waals surface area contributed by atoms with E-state index in [0.717, 1.165) is 43.1 Å². The summed E-state index contributed by atoms with van der Waals surface area (Å²) >= 11 is 0. The molecule has 0 bridgehead atoms. The maximum absolute atomic E-state index is 9.75. The lowest BCUT2D eigenvalue weighted by molar-refractivity contribution is 0.146. The summed E-state index contributed by atoms with van der Waals surface area (Å²) < 4.78 is 11.0. The molecule has 0 radical (unpaired) electrons. The Kier molecular flexibility index (Phi) is 6.29. The first-order valence-corrected chi connectivity index (χ1v) is 7.63. The van der Waals surface area contributed by atoms with Gasteiger partial charge in [0.1, 0.15) is 0 Å². The van der Waals surface area contributed by atoms with Gasteiger partial charge in [0.15, 0.2) is 11.5 Å². The maximum atomic E-state index is 9.75. The maximum Gasteiger partial charge on any atom is 0.161 e. The van der Waals surface area contributed by atoms with Gasteiger partial charge in [-0.2, -0.15) is 0 Å². The molecule has 0 saturated carbocycles. The number of hydrogen-bond acceptors (Lipinski definition) is 5. The van der Waals surface area contributed by atoms with Crippen LogP contribution in [0.25, 0.3) is 0 Å². The summed E-state index contributed by atoms with van der Waals surface area (Å²) in [7, 11) is 1.66. The number of benzene rings is 1. The molecule has 1 heterocycles. The molecule has 0 aliphatic carbocycles. The van der Waals surface area contributed by atoms with E-state index in [4.69, 9.17) is 9.47 Å². The highest BCUT2D eigenvalue weighted by atomic mass is 16.5. The van der Waals surface area contributed by atoms with Crippen molar-refractivity contribution in [1.29, 1.82) is 0 Å². The van der Waals surface area contributed by atoms with Crippen LogP contribution in [0.4, 0.5) is 0 Å². The number of aliphatic hydroxyl groups is 1. The lowest BCUT2D eigenvalue weighted by Gasteiger charge is -2.15. The average Bonchev–Trinajstić information content (AvgIpc) is 2.91. The monoisotopic (exact) mass is 294 g/mol. The fraction of sp³-hybridized carbons (Fsp3) is 0.625. The van der Waals surface area contributed by atoms with Crippen molar-refractivity contribution in [1.82, 2.24) is 10.6 Å². The molecule has 5 nitrogen and oxygen atoms in total. The normalized spacial score (nSPS) is 21.5. The van der Waals surface area contributed by atoms with Gasteiger partial charge in [0.25, 0.3) is 0 Å². The van der Waals surface area contributed by atoms with E-state index >= 15 is 0 Å². The van der Waals surface area contributed by atoms with E-state index in [-0.39, 0.29) is 6.10 Å². The predicted molar refractivity (Wildman–Crippen MR) is 82.9 cm³/mol. The molecule has 0 amide bonds. The first-order valence-electron chi connectivity index (χ1n) is 7.63. The molecular weight excluding hydrogens is 268 g/mol. The van der Waals surface area contributed by atoms with E-state index < -0.39 is 0 Å². The zero-order chi connectivity index (χ0) is 15.1. The Balaban J connectivity index is 1.85. The minimum absolute atomic E-state index is 0.239. The first kappa shape index (κ1) is 16.1. The Hall–Kier alpha value is -1.30. The number of rotatable bonds is 8. The van der Waals surface area contributed by atoms with Crippen molar-refractivity contribution in [3.05, 3.63) is 23.8 Å². The van der Waals surface area contributed by atoms with Gasteiger partial charge in [0, 0.05) is 32.1 Å². The molecule has 21 heavy (non-hydrogen) atoms. The largest absolute Gasteiger partial charge is 0.493 e. The first-order chi connectivity index (χ1) is 10.2. The Bertz CT molecular complexity index is 440. The summed E-state index contributed by atoms with van der Waals surface area (Å²) in [6.07, 6.45) is 0.737. The van der Waals surface area contributed by atoms with Crippen LogP contribution in [0.1, 0.15) is 18.9 Å². The van der Waals surface area contributed by atoms with E-state index in [2.05, 4.69) is 17.6 Å². The lowest BCUT2D eigenvalue weighted by Crippen LogP contribution is -2.30. The highest BCUT2D eigenvalue weighted by Crippen LogP contribution is 2.28. The van der Waals surface area contributed by atoms with Gasteiger partial charge in [-0.15, -0.1) is 0 Å². The summed E-state index contributed by atoms with van der Waals surface area (Å²) in [6, 6.07) is 6.00. The third kappa shape index (κ3) is 4.59. The standard InChI is InChI=1S/C16H26N2O3/c1-3-6-21-15-5-4-12(7-16(15)20-2)8-17-9-13-10-18-11-14(13)19/h4-5,7,13-14,17-19H,3,6,8-11H2,1-2H3. The molecule has 5 heteroatoms. The lowest BCUT2D eigenvalue weighted by atomic mass is 10.1. The summed E-state index contributed by atoms with van der Waals surface area (Å²) in [5.41, 5.74) is 1.15. The van der Waals surface area contributed by atoms with Gasteiger partial charge in [-0.1, -0.05) is 13.0 Å². The van der Waals surface area contributed by atoms with Gasteiger partial charge in [-0.3, -0.25) is 0 Å². The fourth-order valence-electron chi connectivity index (χ4n) is 2.48. The number of β-amino-alcohol motifs (C(OH)–C–C–N with tert-alkyl or cyclic N) is 1. The van der Waals surface area contributed by atoms with Crippen LogP contribution in [0.2, 0.25) is 0 Å². The second kappa shape index (κ2) is 8.22. The Labute approximate surface area is 126 Å². The number of ether oxygens (including phenoxy) is 2. The van der Waals surface area contributed by atoms with E-state index in [9.17, 15) is 5.11 Å². The Morgan fingerprint density at radius 3 is 2.86 bits per heavy atom. The third-order valence-electron chi connectivity index (χ3n) is 3.73.